The summed E-state index contributed by atoms with van der Waals surface area (Å²) in [5.74, 6) is 0.393. The van der Waals surface area contributed by atoms with Gasteiger partial charge in [-0.2, -0.15) is 12.7 Å². The summed E-state index contributed by atoms with van der Waals surface area (Å²) in [5.41, 5.74) is 4.16. The van der Waals surface area contributed by atoms with E-state index in [9.17, 15) is 13.2 Å². The van der Waals surface area contributed by atoms with Gasteiger partial charge in [-0.25, -0.2) is 4.98 Å². The molecule has 1 saturated heterocycles. The molecule has 1 spiro atoms. The van der Waals surface area contributed by atoms with Crippen LogP contribution in [0.3, 0.4) is 0 Å². The van der Waals surface area contributed by atoms with Crippen LogP contribution in [0, 0.1) is 0 Å². The van der Waals surface area contributed by atoms with Gasteiger partial charge >= 0.3 is 10.2 Å². The number of nitrogens with one attached hydrogen (secondary N) is 1. The first-order valence-corrected chi connectivity index (χ1v) is 15.9. The zero-order valence-electron chi connectivity index (χ0n) is 24.0. The van der Waals surface area contributed by atoms with Crippen molar-refractivity contribution in [2.24, 2.45) is 0 Å². The predicted octanol–water partition coefficient (Wildman–Crippen LogP) is 4.17. The molecule has 2 fully saturated rings. The van der Waals surface area contributed by atoms with Crippen molar-refractivity contribution in [1.82, 2.24) is 19.2 Å². The summed E-state index contributed by atoms with van der Waals surface area (Å²) in [6.45, 7) is 3.64. The molecule has 0 radical (unpaired) electrons. The van der Waals surface area contributed by atoms with Gasteiger partial charge in [0.25, 0.3) is 0 Å². The molecule has 0 unspecified atom stereocenters. The van der Waals surface area contributed by atoms with Crippen molar-refractivity contribution in [3.05, 3.63) is 42.2 Å². The summed E-state index contributed by atoms with van der Waals surface area (Å²) in [7, 11) is 0.992. The Bertz CT molecular complexity index is 1580. The van der Waals surface area contributed by atoms with Crippen LogP contribution in [0.2, 0.25) is 0 Å². The minimum absolute atomic E-state index is 0.141. The predicted molar refractivity (Wildman–Crippen MR) is 161 cm³/mol. The van der Waals surface area contributed by atoms with Gasteiger partial charge < -0.3 is 14.5 Å². The molecule has 1 aliphatic carbocycles. The van der Waals surface area contributed by atoms with Crippen molar-refractivity contribution in [2.75, 3.05) is 57.0 Å². The Morgan fingerprint density at radius 1 is 1.02 bits per heavy atom. The number of nitrogens with zero attached hydrogens (tertiary/aromatic N) is 5. The van der Waals surface area contributed by atoms with Gasteiger partial charge in [0.15, 0.2) is 0 Å². The largest absolute Gasteiger partial charge is 0.476 e. The molecule has 2 aliphatic heterocycles. The average molecular weight is 579 g/mol. The summed E-state index contributed by atoms with van der Waals surface area (Å²) in [6.07, 6.45) is 10.8. The number of pyridine rings is 2. The Labute approximate surface area is 241 Å². The van der Waals surface area contributed by atoms with E-state index in [1.54, 1.807) is 23.4 Å². The van der Waals surface area contributed by atoms with Crippen LogP contribution in [-0.2, 0) is 20.4 Å². The quantitative estimate of drug-likeness (QED) is 0.380. The molecule has 41 heavy (non-hydrogen) atoms. The van der Waals surface area contributed by atoms with Gasteiger partial charge in [0.2, 0.25) is 11.8 Å². The van der Waals surface area contributed by atoms with E-state index >= 15 is 0 Å². The van der Waals surface area contributed by atoms with E-state index in [1.165, 1.54) is 33.4 Å². The van der Waals surface area contributed by atoms with Gasteiger partial charge in [-0.15, -0.1) is 0 Å². The van der Waals surface area contributed by atoms with E-state index in [1.807, 2.05) is 25.2 Å². The van der Waals surface area contributed by atoms with E-state index in [2.05, 4.69) is 19.6 Å². The van der Waals surface area contributed by atoms with Crippen LogP contribution in [0.25, 0.3) is 22.0 Å². The lowest BCUT2D eigenvalue weighted by Crippen LogP contribution is -2.43. The van der Waals surface area contributed by atoms with E-state index in [-0.39, 0.29) is 17.5 Å². The summed E-state index contributed by atoms with van der Waals surface area (Å²) < 4.78 is 35.4. The molecule has 2 aromatic heterocycles. The van der Waals surface area contributed by atoms with Crippen molar-refractivity contribution in [1.29, 1.82) is 0 Å². The molecule has 1 aromatic carbocycles. The molecule has 218 valence electrons. The maximum atomic E-state index is 13.2. The topological polar surface area (TPSA) is 108 Å². The fraction of sp³-hybridized carbons (Fsp3) is 0.500. The molecular weight excluding hydrogens is 540 g/mol. The Morgan fingerprint density at radius 2 is 1.80 bits per heavy atom. The number of amides is 1. The summed E-state index contributed by atoms with van der Waals surface area (Å²) in [5, 5.41) is 0.950. The number of likely N-dealkylation sites (tertiary alicyclic amines) is 1. The maximum absolute atomic E-state index is 13.2. The van der Waals surface area contributed by atoms with Gasteiger partial charge in [0, 0.05) is 50.4 Å². The van der Waals surface area contributed by atoms with Crippen LogP contribution in [0.15, 0.2) is 36.7 Å². The zero-order chi connectivity index (χ0) is 28.8. The number of fused-ring (bicyclic) bond motifs is 4. The molecule has 0 bridgehead atoms. The van der Waals surface area contributed by atoms with Gasteiger partial charge in [-0.05, 0) is 69.0 Å². The number of hydrogen-bond acceptors (Lipinski definition) is 7. The molecule has 0 atom stereocenters. The Morgan fingerprint density at radius 3 is 2.51 bits per heavy atom. The molecule has 3 aromatic rings. The lowest BCUT2D eigenvalue weighted by molar-refractivity contribution is -0.125. The number of anilines is 2. The Balaban J connectivity index is 1.32. The SMILES string of the molecule is CN1C(=O)C2(CCC2)c2c1cnc1ccc(-c3cnc(OCCCN4CCCCC4)c(NS(=O)(=O)N(C)C)c3)cc21. The van der Waals surface area contributed by atoms with E-state index in [0.717, 1.165) is 82.9 Å². The standard InChI is InChI=1S/C30H38N6O4S/c1-34(2)41(38,39)33-25-18-22(19-32-28(25)40-16-8-15-36-13-5-4-6-14-36)21-9-10-24-23(17-21)27-26(20-31-24)35(3)29(37)30(27)11-7-12-30/h9-10,17-20,33H,4-8,11-16H2,1-3H3. The third-order valence-corrected chi connectivity index (χ3v) is 10.3. The van der Waals surface area contributed by atoms with Gasteiger partial charge in [0.1, 0.15) is 5.69 Å². The van der Waals surface area contributed by atoms with E-state index in [4.69, 9.17) is 4.74 Å². The van der Waals surface area contributed by atoms with Gasteiger partial charge in [-0.1, -0.05) is 18.9 Å². The van der Waals surface area contributed by atoms with Crippen LogP contribution in [-0.4, -0.2) is 80.9 Å². The Hall–Kier alpha value is -3.28. The average Bonchev–Trinajstić information content (AvgIpc) is 3.18. The zero-order valence-corrected chi connectivity index (χ0v) is 24.8. The molecule has 1 saturated carbocycles. The first-order valence-electron chi connectivity index (χ1n) is 14.5. The third-order valence-electron chi connectivity index (χ3n) is 8.82. The van der Waals surface area contributed by atoms with E-state index in [0.29, 0.717) is 6.61 Å². The highest BCUT2D eigenvalue weighted by Crippen LogP contribution is 2.55. The minimum atomic E-state index is -3.78. The van der Waals surface area contributed by atoms with Gasteiger partial charge in [0.05, 0.1) is 29.4 Å². The number of carbonyl (C=O) groups is 1. The summed E-state index contributed by atoms with van der Waals surface area (Å²) in [6, 6.07) is 7.72. The lowest BCUT2D eigenvalue weighted by atomic mass is 9.64. The monoisotopic (exact) mass is 578 g/mol. The Kier molecular flexibility index (Phi) is 7.37. The normalized spacial score (nSPS) is 18.6. The van der Waals surface area contributed by atoms with Gasteiger partial charge in [-0.3, -0.25) is 14.5 Å². The van der Waals surface area contributed by atoms with E-state index < -0.39 is 15.6 Å². The number of ether oxygens (including phenoxy) is 1. The number of aromatic nitrogens is 2. The van der Waals surface area contributed by atoms with Crippen LogP contribution >= 0.6 is 0 Å². The van der Waals surface area contributed by atoms with Crippen LogP contribution in [0.5, 0.6) is 5.88 Å². The molecule has 6 rings (SSSR count). The number of piperidine rings is 1. The van der Waals surface area contributed by atoms with Crippen molar-refractivity contribution in [2.45, 2.75) is 50.4 Å². The number of likely N-dealkylation sites (N-methyl/N-ethyl adjacent to an activating group) is 1. The molecule has 4 heterocycles. The molecule has 1 N–H and O–H groups in total. The van der Waals surface area contributed by atoms with Crippen molar-refractivity contribution < 1.29 is 17.9 Å². The molecule has 11 heteroatoms. The van der Waals surface area contributed by atoms with Crippen molar-refractivity contribution in [3.63, 3.8) is 0 Å². The number of carbonyl (C=O) groups excluding carboxylic acids is 1. The highest BCUT2D eigenvalue weighted by atomic mass is 32.2. The lowest BCUT2D eigenvalue weighted by Gasteiger charge is -2.37. The second-order valence-electron chi connectivity index (χ2n) is 11.6. The second-order valence-corrected chi connectivity index (χ2v) is 13.5. The first kappa shape index (κ1) is 27.9. The minimum Gasteiger partial charge on any atom is -0.476 e. The smallest absolute Gasteiger partial charge is 0.301 e. The molecular formula is C30H38N6O4S. The molecule has 10 nitrogen and oxygen atoms in total. The van der Waals surface area contributed by atoms with Crippen molar-refractivity contribution in [3.8, 4) is 17.0 Å². The van der Waals surface area contributed by atoms with Crippen LogP contribution in [0.4, 0.5) is 11.4 Å². The molecule has 1 amide bonds. The highest BCUT2D eigenvalue weighted by molar-refractivity contribution is 7.90. The fourth-order valence-electron chi connectivity index (χ4n) is 6.32. The van der Waals surface area contributed by atoms with Crippen LogP contribution < -0.4 is 14.4 Å². The van der Waals surface area contributed by atoms with Crippen LogP contribution in [0.1, 0.15) is 50.5 Å². The summed E-state index contributed by atoms with van der Waals surface area (Å²) >= 11 is 0. The first-order chi connectivity index (χ1) is 19.7. The third kappa shape index (κ3) is 5.04. The second kappa shape index (κ2) is 10.8. The highest BCUT2D eigenvalue weighted by Gasteiger charge is 2.54. The fourth-order valence-corrected chi connectivity index (χ4v) is 6.93. The maximum Gasteiger partial charge on any atom is 0.301 e. The molecule has 3 aliphatic rings. The number of rotatable bonds is 9. The number of hydrogen-bond donors (Lipinski definition) is 1. The summed E-state index contributed by atoms with van der Waals surface area (Å²) in [4.78, 5) is 26.6. The number of benzene rings is 1. The van der Waals surface area contributed by atoms with Crippen molar-refractivity contribution >= 4 is 38.4 Å².